The molecule has 0 aliphatic heterocycles. The van der Waals surface area contributed by atoms with Gasteiger partial charge in [-0.2, -0.15) is 48.3 Å². The minimum absolute atomic E-state index is 0.0208. The van der Waals surface area contributed by atoms with E-state index in [2.05, 4.69) is 10.1 Å². The standard InChI is InChI=1S/C45H58F13NO6S2/c1-41-15-14-31-30-11-9-29(23-28(30)8-10-32(31)34(41)12-13-35(41)63-18-6-19-64-42(43(50,51)52,44(53,54)55)45(56,57)58)65-40-38(48)36(46)33(37(47)39(40)49)24-59-16-5-21-66-67-22-20-62-17-4-7-27(25-60-2)26-61-3/h9,11,23,27,31-32,34-35,59H,4-8,10,12-22,24-26H2,1-3H3. The second-order valence-electron chi connectivity index (χ2n) is 17.5. The molecule has 0 spiro atoms. The molecule has 0 aromatic heterocycles. The van der Waals surface area contributed by atoms with Gasteiger partial charge in [0.2, 0.25) is 17.4 Å². The zero-order valence-electron chi connectivity index (χ0n) is 37.4. The lowest BCUT2D eigenvalue weighted by atomic mass is 9.55. The summed E-state index contributed by atoms with van der Waals surface area (Å²) in [6.07, 6.45) is -15.3. The summed E-state index contributed by atoms with van der Waals surface area (Å²) in [6.45, 7) is 2.49. The molecule has 382 valence electrons. The maximum atomic E-state index is 15.3. The van der Waals surface area contributed by atoms with Gasteiger partial charge in [-0.05, 0) is 117 Å². The third kappa shape index (κ3) is 13.0. The summed E-state index contributed by atoms with van der Waals surface area (Å²) in [6, 6.07) is 4.82. The second-order valence-corrected chi connectivity index (χ2v) is 20.2. The Morgan fingerprint density at radius 3 is 2.04 bits per heavy atom. The number of nitrogens with one attached hydrogen (secondary N) is 1. The Labute approximate surface area is 390 Å². The number of hydrogen-bond donors (Lipinski definition) is 1. The number of alkyl halides is 9. The largest absolute Gasteiger partial charge is 0.451 e. The molecule has 5 atom stereocenters. The topological polar surface area (TPSA) is 67.4 Å². The number of ether oxygens (including phenoxy) is 6. The Morgan fingerprint density at radius 1 is 0.746 bits per heavy atom. The fourth-order valence-corrected chi connectivity index (χ4v) is 12.0. The van der Waals surface area contributed by atoms with Gasteiger partial charge in [0.1, 0.15) is 5.75 Å². The Balaban J connectivity index is 1.06. The number of methoxy groups -OCH3 is 2. The molecule has 67 heavy (non-hydrogen) atoms. The summed E-state index contributed by atoms with van der Waals surface area (Å²) >= 11 is 0. The lowest BCUT2D eigenvalue weighted by Gasteiger charge is -2.50. The Hall–Kier alpha value is -2.21. The molecule has 2 saturated carbocycles. The molecule has 3 aliphatic rings. The van der Waals surface area contributed by atoms with Crippen molar-refractivity contribution in [2.75, 3.05) is 71.9 Å². The zero-order valence-corrected chi connectivity index (χ0v) is 39.1. The van der Waals surface area contributed by atoms with Crippen molar-refractivity contribution in [2.45, 2.75) is 114 Å². The van der Waals surface area contributed by atoms with Crippen LogP contribution in [0.4, 0.5) is 57.1 Å². The van der Waals surface area contributed by atoms with Crippen LogP contribution in [0, 0.1) is 46.4 Å². The highest BCUT2D eigenvalue weighted by Crippen LogP contribution is 2.62. The lowest BCUT2D eigenvalue weighted by molar-refractivity contribution is -0.457. The highest BCUT2D eigenvalue weighted by Gasteiger charge is 2.85. The van der Waals surface area contributed by atoms with Crippen molar-refractivity contribution in [1.29, 1.82) is 0 Å². The van der Waals surface area contributed by atoms with Crippen LogP contribution in [0.1, 0.15) is 87.3 Å². The average molecular weight is 1020 g/mol. The van der Waals surface area contributed by atoms with E-state index in [4.69, 9.17) is 23.7 Å². The summed E-state index contributed by atoms with van der Waals surface area (Å²) in [5, 5.41) is 2.84. The molecule has 0 saturated heterocycles. The van der Waals surface area contributed by atoms with Crippen LogP contribution in [0.3, 0.4) is 0 Å². The molecule has 0 bridgehead atoms. The van der Waals surface area contributed by atoms with Crippen LogP contribution in [-0.4, -0.2) is 102 Å². The first-order valence-corrected chi connectivity index (χ1v) is 24.7. The van der Waals surface area contributed by atoms with Gasteiger partial charge in [-0.25, -0.2) is 8.78 Å². The van der Waals surface area contributed by atoms with Gasteiger partial charge >= 0.3 is 24.1 Å². The van der Waals surface area contributed by atoms with Gasteiger partial charge < -0.3 is 33.7 Å². The zero-order chi connectivity index (χ0) is 49.2. The van der Waals surface area contributed by atoms with E-state index in [0.29, 0.717) is 83.8 Å². The third-order valence-electron chi connectivity index (χ3n) is 13.3. The van der Waals surface area contributed by atoms with Crippen LogP contribution in [0.5, 0.6) is 11.5 Å². The maximum absolute atomic E-state index is 15.3. The van der Waals surface area contributed by atoms with E-state index < -0.39 is 96.4 Å². The molecule has 0 amide bonds. The second kappa shape index (κ2) is 24.3. The van der Waals surface area contributed by atoms with Crippen LogP contribution in [-0.2, 0) is 36.6 Å². The van der Waals surface area contributed by atoms with Crippen molar-refractivity contribution in [3.05, 3.63) is 58.2 Å². The predicted octanol–water partition coefficient (Wildman–Crippen LogP) is 12.7. The van der Waals surface area contributed by atoms with Gasteiger partial charge in [0.25, 0.3) is 0 Å². The van der Waals surface area contributed by atoms with Gasteiger partial charge in [-0.1, -0.05) is 34.6 Å². The number of rotatable bonds is 26. The van der Waals surface area contributed by atoms with Crippen molar-refractivity contribution in [1.82, 2.24) is 5.32 Å². The number of fused-ring (bicyclic) bond motifs is 5. The summed E-state index contributed by atoms with van der Waals surface area (Å²) in [4.78, 5) is 0. The average Bonchev–Trinajstić information content (AvgIpc) is 3.59. The Bertz CT molecular complexity index is 1820. The molecular formula is C45H58F13NO6S2. The number of halogens is 13. The van der Waals surface area contributed by atoms with E-state index >= 15 is 17.6 Å². The Kier molecular flexibility index (Phi) is 20.2. The first-order valence-electron chi connectivity index (χ1n) is 22.2. The van der Waals surface area contributed by atoms with Crippen LogP contribution >= 0.6 is 21.6 Å². The molecule has 2 aromatic rings. The minimum atomic E-state index is -6.81. The number of hydrogen-bond acceptors (Lipinski definition) is 9. The van der Waals surface area contributed by atoms with E-state index in [1.165, 1.54) is 6.07 Å². The highest BCUT2D eigenvalue weighted by atomic mass is 33.1. The maximum Gasteiger partial charge on any atom is 0.435 e. The van der Waals surface area contributed by atoms with Crippen LogP contribution in [0.25, 0.3) is 0 Å². The molecule has 1 N–H and O–H groups in total. The monoisotopic (exact) mass is 1020 g/mol. The lowest BCUT2D eigenvalue weighted by Crippen LogP contribution is -2.67. The van der Waals surface area contributed by atoms with Gasteiger partial charge in [0, 0.05) is 57.0 Å². The van der Waals surface area contributed by atoms with Gasteiger partial charge in [-0.3, -0.25) is 0 Å². The van der Waals surface area contributed by atoms with E-state index in [0.717, 1.165) is 35.5 Å². The number of aryl methyl sites for hydroxylation is 1. The van der Waals surface area contributed by atoms with Crippen molar-refractivity contribution < 1.29 is 85.5 Å². The predicted molar refractivity (Wildman–Crippen MR) is 227 cm³/mol. The molecule has 5 rings (SSSR count). The quantitative estimate of drug-likeness (QED) is 0.0430. The molecule has 3 aliphatic carbocycles. The van der Waals surface area contributed by atoms with Crippen LogP contribution in [0.15, 0.2) is 18.2 Å². The molecule has 5 unspecified atom stereocenters. The van der Waals surface area contributed by atoms with Crippen LogP contribution < -0.4 is 10.1 Å². The third-order valence-corrected chi connectivity index (χ3v) is 15.7. The fraction of sp³-hybridized carbons (Fsp3) is 0.733. The summed E-state index contributed by atoms with van der Waals surface area (Å²) in [5.41, 5.74) is -5.75. The summed E-state index contributed by atoms with van der Waals surface area (Å²) in [5.74, 6) is -5.54. The molecule has 22 heteroatoms. The highest BCUT2D eigenvalue weighted by molar-refractivity contribution is 8.76. The first-order chi connectivity index (χ1) is 31.6. The van der Waals surface area contributed by atoms with Gasteiger partial charge in [-0.15, -0.1) is 0 Å². The van der Waals surface area contributed by atoms with Crippen molar-refractivity contribution in [3.63, 3.8) is 0 Å². The van der Waals surface area contributed by atoms with Crippen molar-refractivity contribution in [3.8, 4) is 11.5 Å². The molecule has 2 fully saturated rings. The van der Waals surface area contributed by atoms with E-state index in [1.807, 2.05) is 6.92 Å². The minimum Gasteiger partial charge on any atom is -0.451 e. The van der Waals surface area contributed by atoms with Crippen LogP contribution in [0.2, 0.25) is 0 Å². The van der Waals surface area contributed by atoms with Gasteiger partial charge in [0.15, 0.2) is 11.6 Å². The molecule has 2 aromatic carbocycles. The molecule has 7 nitrogen and oxygen atoms in total. The Morgan fingerprint density at radius 2 is 1.40 bits per heavy atom. The van der Waals surface area contributed by atoms with E-state index in [9.17, 15) is 39.5 Å². The summed E-state index contributed by atoms with van der Waals surface area (Å²) in [7, 11) is 6.58. The fourth-order valence-electron chi connectivity index (χ4n) is 10.0. The number of benzene rings is 2. The molecule has 0 radical (unpaired) electrons. The van der Waals surface area contributed by atoms with Crippen molar-refractivity contribution in [2.24, 2.45) is 23.2 Å². The van der Waals surface area contributed by atoms with Gasteiger partial charge in [0.05, 0.1) is 32.5 Å². The smallest absolute Gasteiger partial charge is 0.435 e. The summed E-state index contributed by atoms with van der Waals surface area (Å²) < 4.78 is 211. The first kappa shape index (κ1) is 55.7. The molecule has 0 heterocycles. The SMILES string of the molecule is COCC(CCCOCCSSCCCNCc1c(F)c(F)c(Oc2ccc3c(c2)CCC2C3CCC3(C)C(OCCCOC(C(F)(F)F)(C(F)(F)F)C(F)(F)F)CCC23)c(F)c1F)COC. The van der Waals surface area contributed by atoms with E-state index in [-0.39, 0.29) is 23.5 Å². The molecular weight excluding hydrogens is 962 g/mol. The normalized spacial score (nSPS) is 22.3. The van der Waals surface area contributed by atoms with Crippen molar-refractivity contribution >= 4 is 21.6 Å². The van der Waals surface area contributed by atoms with E-state index in [1.54, 1.807) is 47.9 Å².